The fraction of sp³-hybridized carbons (Fsp3) is 0. The summed E-state index contributed by atoms with van der Waals surface area (Å²) >= 11 is 4.86. The number of rotatable bonds is 4. The van der Waals surface area contributed by atoms with Gasteiger partial charge in [0.25, 0.3) is 0 Å². The van der Waals surface area contributed by atoms with Gasteiger partial charge in [0.05, 0.1) is 12.4 Å². The summed E-state index contributed by atoms with van der Waals surface area (Å²) in [7, 11) is 0. The van der Waals surface area contributed by atoms with E-state index in [-0.39, 0.29) is 0 Å². The fourth-order valence-corrected chi connectivity index (χ4v) is 3.39. The van der Waals surface area contributed by atoms with Crippen molar-refractivity contribution < 1.29 is 36.4 Å². The molecule has 3 aromatic rings. The van der Waals surface area contributed by atoms with Crippen molar-refractivity contribution in [3.8, 4) is 0 Å². The number of nitrogens with zero attached hydrogens (tertiary/aromatic N) is 2. The number of benzene rings is 3. The van der Waals surface area contributed by atoms with Crippen molar-refractivity contribution >= 4 is 38.3 Å². The summed E-state index contributed by atoms with van der Waals surface area (Å²) < 4.78 is 15.6. The maximum atomic E-state index is 6.10. The van der Waals surface area contributed by atoms with Crippen LogP contribution in [-0.4, -0.2) is 22.6 Å². The standard InChI is InChI=1S/C26H19N2O2.BrH.Pt/c1-27-17-23(19-10-5-3-6-11-19)29-25(27)21-14-9-15-22(16-21)26-28(2)18-24(30-26)20-12-7-4-8-13-20;;/h3-15,17-18H,1-2H2;1H;/q-1;;+2/p-1. The molecule has 0 spiro atoms. The predicted molar refractivity (Wildman–Crippen MR) is 125 cm³/mol. The maximum absolute atomic E-state index is 6.10. The molecular formula is C26H19BrN2O2Pt. The van der Waals surface area contributed by atoms with Crippen LogP contribution in [0.1, 0.15) is 22.3 Å². The second-order valence-electron chi connectivity index (χ2n) is 6.95. The fourth-order valence-electron chi connectivity index (χ4n) is 3.39. The van der Waals surface area contributed by atoms with E-state index >= 15 is 0 Å². The van der Waals surface area contributed by atoms with E-state index in [1.54, 1.807) is 9.15 Å². The topological polar surface area (TPSA) is 24.5 Å². The van der Waals surface area contributed by atoms with E-state index in [0.717, 1.165) is 33.8 Å². The first-order chi connectivity index (χ1) is 15.7. The molecule has 0 aliphatic carbocycles. The SMILES string of the molecule is C=[N+]1C=C(c2ccccc2)O[C-]1c1[c-]c([C-]2OC(c3ccccc3)=C[N+]2=C)ccc1.[Br][Pt+]. The zero-order valence-electron chi connectivity index (χ0n) is 17.0. The van der Waals surface area contributed by atoms with E-state index in [0.29, 0.717) is 12.5 Å². The molecule has 4 nitrogen and oxygen atoms in total. The van der Waals surface area contributed by atoms with Crippen LogP contribution >= 0.6 is 13.3 Å². The zero-order chi connectivity index (χ0) is 22.5. The van der Waals surface area contributed by atoms with Crippen LogP contribution in [0.3, 0.4) is 0 Å². The summed E-state index contributed by atoms with van der Waals surface area (Å²) in [5.41, 5.74) is 3.54. The van der Waals surface area contributed by atoms with E-state index < -0.39 is 0 Å². The van der Waals surface area contributed by atoms with Crippen molar-refractivity contribution in [3.63, 3.8) is 0 Å². The molecule has 6 heteroatoms. The Morgan fingerprint density at radius 2 is 1.06 bits per heavy atom. The number of hydrogen-bond donors (Lipinski definition) is 0. The van der Waals surface area contributed by atoms with Gasteiger partial charge in [0.2, 0.25) is 12.5 Å². The molecule has 0 bridgehead atoms. The molecule has 2 aliphatic heterocycles. The molecule has 0 aromatic heterocycles. The molecule has 0 fully saturated rings. The van der Waals surface area contributed by atoms with Crippen LogP contribution in [0.15, 0.2) is 91.3 Å². The Labute approximate surface area is 205 Å². The predicted octanol–water partition coefficient (Wildman–Crippen LogP) is 5.49. The summed E-state index contributed by atoms with van der Waals surface area (Å²) in [5, 5.41) is 0. The zero-order valence-corrected chi connectivity index (χ0v) is 20.8. The summed E-state index contributed by atoms with van der Waals surface area (Å²) in [5.74, 6) is 1.49. The van der Waals surface area contributed by atoms with Gasteiger partial charge in [0.1, 0.15) is 11.5 Å². The number of halogens is 1. The van der Waals surface area contributed by atoms with Crippen molar-refractivity contribution in [1.82, 2.24) is 0 Å². The third kappa shape index (κ3) is 4.59. The molecule has 162 valence electrons. The average Bonchev–Trinajstić information content (AvgIpc) is 3.44. The van der Waals surface area contributed by atoms with Crippen LogP contribution in [0.25, 0.3) is 11.5 Å². The third-order valence-corrected chi connectivity index (χ3v) is 4.85. The van der Waals surface area contributed by atoms with Gasteiger partial charge in [0, 0.05) is 24.6 Å². The van der Waals surface area contributed by atoms with Crippen LogP contribution in [-0.2, 0) is 27.2 Å². The molecule has 3 aromatic carbocycles. The van der Waals surface area contributed by atoms with Crippen molar-refractivity contribution in [3.05, 3.63) is 132 Å². The van der Waals surface area contributed by atoms with Gasteiger partial charge in [-0.2, -0.15) is 18.2 Å². The van der Waals surface area contributed by atoms with Crippen molar-refractivity contribution in [2.45, 2.75) is 0 Å². The molecule has 0 saturated carbocycles. The van der Waals surface area contributed by atoms with Crippen molar-refractivity contribution in [2.75, 3.05) is 0 Å². The van der Waals surface area contributed by atoms with Gasteiger partial charge in [-0.25, -0.2) is 6.07 Å². The molecule has 32 heavy (non-hydrogen) atoms. The van der Waals surface area contributed by atoms with Gasteiger partial charge in [-0.15, -0.1) is 11.1 Å². The van der Waals surface area contributed by atoms with E-state index in [1.807, 2.05) is 109 Å². The van der Waals surface area contributed by atoms with E-state index in [4.69, 9.17) is 9.47 Å². The minimum absolute atomic E-state index is 0.612. The molecule has 2 heterocycles. The molecule has 0 unspecified atom stereocenters. The Balaban J connectivity index is 0.00000119. The summed E-state index contributed by atoms with van der Waals surface area (Å²) in [6.45, 7) is 8.14. The first kappa shape index (κ1) is 22.2. The summed E-state index contributed by atoms with van der Waals surface area (Å²) in [4.78, 5) is 0. The second-order valence-corrected chi connectivity index (χ2v) is 6.95. The Hall–Kier alpha value is -3.01. The van der Waals surface area contributed by atoms with Gasteiger partial charge in [-0.1, -0.05) is 60.7 Å². The Morgan fingerprint density at radius 1 is 0.656 bits per heavy atom. The second kappa shape index (κ2) is 10.1. The Morgan fingerprint density at radius 3 is 1.47 bits per heavy atom. The first-order valence-corrected chi connectivity index (χ1v) is 14.6. The van der Waals surface area contributed by atoms with Crippen LogP contribution in [0.4, 0.5) is 0 Å². The number of hydrogen-bond acceptors (Lipinski definition) is 2. The van der Waals surface area contributed by atoms with Gasteiger partial charge in [-0.3, -0.25) is 0 Å². The van der Waals surface area contributed by atoms with E-state index in [2.05, 4.69) is 32.8 Å². The van der Waals surface area contributed by atoms with Crippen molar-refractivity contribution in [1.29, 1.82) is 0 Å². The number of ether oxygens (including phenoxy) is 2. The van der Waals surface area contributed by atoms with Gasteiger partial charge < -0.3 is 18.6 Å². The normalized spacial score (nSPS) is 14.8. The van der Waals surface area contributed by atoms with Crippen LogP contribution in [0.2, 0.25) is 0 Å². The van der Waals surface area contributed by atoms with Gasteiger partial charge >= 0.3 is 31.1 Å². The average molecular weight is 666 g/mol. The summed E-state index contributed by atoms with van der Waals surface area (Å²) in [6.07, 6.45) is 4.96. The monoisotopic (exact) mass is 665 g/mol. The summed E-state index contributed by atoms with van der Waals surface area (Å²) in [6, 6.07) is 29.1. The third-order valence-electron chi connectivity index (χ3n) is 4.85. The van der Waals surface area contributed by atoms with E-state index in [9.17, 15) is 0 Å². The molecule has 5 rings (SSSR count). The molecular weight excluding hydrogens is 647 g/mol. The van der Waals surface area contributed by atoms with Gasteiger partial charge in [0.15, 0.2) is 0 Å². The van der Waals surface area contributed by atoms with Crippen LogP contribution in [0, 0.1) is 18.5 Å². The minimum atomic E-state index is 0.612. The van der Waals surface area contributed by atoms with Crippen molar-refractivity contribution in [2.24, 2.45) is 0 Å². The molecule has 0 radical (unpaired) electrons. The van der Waals surface area contributed by atoms with Crippen LogP contribution in [0.5, 0.6) is 0 Å². The molecule has 2 aliphatic rings. The quantitative estimate of drug-likeness (QED) is 0.272. The molecule has 0 amide bonds. The first-order valence-electron chi connectivity index (χ1n) is 9.67. The van der Waals surface area contributed by atoms with Gasteiger partial charge in [-0.05, 0) is 0 Å². The van der Waals surface area contributed by atoms with Crippen LogP contribution < -0.4 is 0 Å². The van der Waals surface area contributed by atoms with E-state index in [1.165, 1.54) is 0 Å². The Bertz CT molecular complexity index is 1100. The molecule has 0 saturated heterocycles. The Kier molecular flexibility index (Phi) is 6.99. The molecule has 0 atom stereocenters. The molecule has 0 N–H and O–H groups in total.